The molecule has 1 aliphatic heterocycles. The number of Topliss-reactive ketones (excluding diaryl/α,β-unsaturated/α-hetero) is 1. The van der Waals surface area contributed by atoms with Crippen LogP contribution in [0.2, 0.25) is 0 Å². The number of pyridine rings is 1. The molecule has 1 aromatic heterocycles. The summed E-state index contributed by atoms with van der Waals surface area (Å²) in [4.78, 5) is 33.6. The SMILES string of the molecule is CCN(CC)CCCN1C(=O)C(=O)C(=C(O)c2ccccc2)[C@@H]1c1ccncc1. The summed E-state index contributed by atoms with van der Waals surface area (Å²) in [5.74, 6) is -1.35. The standard InChI is InChI=1S/C23H27N3O3/c1-3-25(4-2)15-8-16-26-20(17-11-13-24-14-12-17)19(22(28)23(26)29)21(27)18-9-6-5-7-10-18/h5-7,9-14,20,27H,3-4,8,15-16H2,1-2H3/t20-/m0/s1. The van der Waals surface area contributed by atoms with Crippen molar-refractivity contribution in [2.75, 3.05) is 26.2 Å². The van der Waals surface area contributed by atoms with Crippen molar-refractivity contribution in [3.63, 3.8) is 0 Å². The monoisotopic (exact) mass is 393 g/mol. The molecule has 1 amide bonds. The highest BCUT2D eigenvalue weighted by atomic mass is 16.3. The minimum atomic E-state index is -0.643. The van der Waals surface area contributed by atoms with Crippen molar-refractivity contribution < 1.29 is 14.7 Å². The van der Waals surface area contributed by atoms with E-state index in [4.69, 9.17) is 0 Å². The molecule has 6 nitrogen and oxygen atoms in total. The molecule has 0 radical (unpaired) electrons. The van der Waals surface area contributed by atoms with Crippen LogP contribution in [-0.4, -0.2) is 57.8 Å². The lowest BCUT2D eigenvalue weighted by atomic mass is 9.96. The maximum absolute atomic E-state index is 12.9. The fraction of sp³-hybridized carbons (Fsp3) is 0.348. The Morgan fingerprint density at radius 2 is 1.72 bits per heavy atom. The molecule has 1 saturated heterocycles. The largest absolute Gasteiger partial charge is 0.507 e. The van der Waals surface area contributed by atoms with Crippen LogP contribution >= 0.6 is 0 Å². The molecular weight excluding hydrogens is 366 g/mol. The number of carbonyl (C=O) groups excluding carboxylic acids is 2. The summed E-state index contributed by atoms with van der Waals surface area (Å²) in [5.41, 5.74) is 1.42. The van der Waals surface area contributed by atoms with Crippen LogP contribution in [0.5, 0.6) is 0 Å². The molecule has 2 aromatic rings. The summed E-state index contributed by atoms with van der Waals surface area (Å²) in [5, 5.41) is 10.9. The van der Waals surface area contributed by atoms with Crippen molar-refractivity contribution in [1.82, 2.24) is 14.8 Å². The minimum absolute atomic E-state index is 0.134. The number of hydrogen-bond acceptors (Lipinski definition) is 5. The first-order valence-corrected chi connectivity index (χ1v) is 10.0. The van der Waals surface area contributed by atoms with Crippen LogP contribution in [0.4, 0.5) is 0 Å². The molecule has 2 heterocycles. The molecule has 1 fully saturated rings. The number of aliphatic hydroxyl groups is 1. The number of aliphatic hydroxyl groups excluding tert-OH is 1. The van der Waals surface area contributed by atoms with Gasteiger partial charge in [-0.1, -0.05) is 44.2 Å². The molecule has 1 N–H and O–H groups in total. The van der Waals surface area contributed by atoms with Gasteiger partial charge < -0.3 is 14.9 Å². The lowest BCUT2D eigenvalue weighted by molar-refractivity contribution is -0.140. The van der Waals surface area contributed by atoms with E-state index in [1.807, 2.05) is 6.07 Å². The van der Waals surface area contributed by atoms with Crippen LogP contribution in [0, 0.1) is 0 Å². The third-order valence-corrected chi connectivity index (χ3v) is 5.38. The summed E-state index contributed by atoms with van der Waals surface area (Å²) < 4.78 is 0. The van der Waals surface area contributed by atoms with Gasteiger partial charge in [0.1, 0.15) is 5.76 Å². The van der Waals surface area contributed by atoms with Crippen LogP contribution in [0.25, 0.3) is 5.76 Å². The molecule has 6 heteroatoms. The second-order valence-electron chi connectivity index (χ2n) is 7.02. The average Bonchev–Trinajstić information content (AvgIpc) is 3.02. The third kappa shape index (κ3) is 4.38. The molecule has 0 unspecified atom stereocenters. The minimum Gasteiger partial charge on any atom is -0.507 e. The summed E-state index contributed by atoms with van der Waals surface area (Å²) in [6.07, 6.45) is 4.02. The van der Waals surface area contributed by atoms with Gasteiger partial charge in [-0.15, -0.1) is 0 Å². The first kappa shape index (κ1) is 20.7. The zero-order valence-corrected chi connectivity index (χ0v) is 16.9. The number of amides is 1. The molecule has 0 spiro atoms. The van der Waals surface area contributed by atoms with Gasteiger partial charge in [-0.05, 0) is 43.8 Å². The number of likely N-dealkylation sites (tertiary alicyclic amines) is 1. The Morgan fingerprint density at radius 1 is 1.07 bits per heavy atom. The van der Waals surface area contributed by atoms with Gasteiger partial charge >= 0.3 is 0 Å². The quantitative estimate of drug-likeness (QED) is 0.423. The first-order chi connectivity index (χ1) is 14.1. The van der Waals surface area contributed by atoms with Crippen LogP contribution < -0.4 is 0 Å². The van der Waals surface area contributed by atoms with Crippen molar-refractivity contribution in [2.24, 2.45) is 0 Å². The van der Waals surface area contributed by atoms with Gasteiger partial charge in [0, 0.05) is 24.5 Å². The Labute approximate surface area is 171 Å². The topological polar surface area (TPSA) is 73.7 Å². The third-order valence-electron chi connectivity index (χ3n) is 5.38. The van der Waals surface area contributed by atoms with Crippen molar-refractivity contribution >= 4 is 17.4 Å². The number of ketones is 1. The van der Waals surface area contributed by atoms with E-state index in [2.05, 4.69) is 23.7 Å². The zero-order chi connectivity index (χ0) is 20.8. The predicted octanol–water partition coefficient (Wildman–Crippen LogP) is 3.24. The molecule has 0 aliphatic carbocycles. The second-order valence-corrected chi connectivity index (χ2v) is 7.02. The highest BCUT2D eigenvalue weighted by Gasteiger charge is 2.45. The summed E-state index contributed by atoms with van der Waals surface area (Å²) in [6, 6.07) is 11.8. The molecule has 0 saturated carbocycles. The molecule has 1 atom stereocenters. The van der Waals surface area contributed by atoms with Gasteiger partial charge in [0.2, 0.25) is 0 Å². The number of nitrogens with zero attached hydrogens (tertiary/aromatic N) is 3. The molecule has 1 aromatic carbocycles. The summed E-state index contributed by atoms with van der Waals surface area (Å²) >= 11 is 0. The van der Waals surface area contributed by atoms with E-state index in [1.54, 1.807) is 53.7 Å². The maximum atomic E-state index is 12.9. The lowest BCUT2D eigenvalue weighted by Gasteiger charge is -2.26. The van der Waals surface area contributed by atoms with E-state index in [0.717, 1.165) is 31.6 Å². The van der Waals surface area contributed by atoms with Crippen molar-refractivity contribution in [1.29, 1.82) is 0 Å². The summed E-state index contributed by atoms with van der Waals surface area (Å²) in [6.45, 7) is 7.38. The fourth-order valence-electron chi connectivity index (χ4n) is 3.76. The fourth-order valence-corrected chi connectivity index (χ4v) is 3.76. The van der Waals surface area contributed by atoms with Crippen LogP contribution in [0.15, 0.2) is 60.4 Å². The molecular formula is C23H27N3O3. The number of carbonyl (C=O) groups is 2. The smallest absolute Gasteiger partial charge is 0.295 e. The van der Waals surface area contributed by atoms with Crippen molar-refractivity contribution in [2.45, 2.75) is 26.3 Å². The Balaban J connectivity index is 1.98. The molecule has 3 rings (SSSR count). The molecule has 1 aliphatic rings. The van der Waals surface area contributed by atoms with Gasteiger partial charge in [0.25, 0.3) is 11.7 Å². The lowest BCUT2D eigenvalue weighted by Crippen LogP contribution is -2.33. The van der Waals surface area contributed by atoms with E-state index in [9.17, 15) is 14.7 Å². The molecule has 29 heavy (non-hydrogen) atoms. The van der Waals surface area contributed by atoms with Gasteiger partial charge in [0.15, 0.2) is 0 Å². The van der Waals surface area contributed by atoms with Crippen molar-refractivity contribution in [3.05, 3.63) is 71.6 Å². The average molecular weight is 393 g/mol. The van der Waals surface area contributed by atoms with E-state index >= 15 is 0 Å². The van der Waals surface area contributed by atoms with E-state index in [-0.39, 0.29) is 11.3 Å². The normalized spacial score (nSPS) is 18.6. The van der Waals surface area contributed by atoms with Crippen LogP contribution in [-0.2, 0) is 9.59 Å². The Morgan fingerprint density at radius 3 is 2.34 bits per heavy atom. The Kier molecular flexibility index (Phi) is 6.77. The van der Waals surface area contributed by atoms with E-state index in [0.29, 0.717) is 12.1 Å². The molecule has 0 bridgehead atoms. The number of hydrogen-bond donors (Lipinski definition) is 1. The first-order valence-electron chi connectivity index (χ1n) is 10.0. The number of benzene rings is 1. The Hall–Kier alpha value is -2.99. The van der Waals surface area contributed by atoms with Crippen LogP contribution in [0.3, 0.4) is 0 Å². The second kappa shape index (κ2) is 9.47. The zero-order valence-electron chi connectivity index (χ0n) is 16.9. The Bertz CT molecular complexity index is 877. The van der Waals surface area contributed by atoms with E-state index < -0.39 is 17.7 Å². The van der Waals surface area contributed by atoms with Crippen LogP contribution in [0.1, 0.15) is 37.4 Å². The number of rotatable bonds is 8. The predicted molar refractivity (Wildman–Crippen MR) is 112 cm³/mol. The van der Waals surface area contributed by atoms with Gasteiger partial charge in [-0.25, -0.2) is 0 Å². The van der Waals surface area contributed by atoms with Gasteiger partial charge in [-0.2, -0.15) is 0 Å². The maximum Gasteiger partial charge on any atom is 0.295 e. The molecule has 152 valence electrons. The van der Waals surface area contributed by atoms with Gasteiger partial charge in [0.05, 0.1) is 11.6 Å². The highest BCUT2D eigenvalue weighted by molar-refractivity contribution is 6.46. The van der Waals surface area contributed by atoms with E-state index in [1.165, 1.54) is 0 Å². The number of aromatic nitrogens is 1. The van der Waals surface area contributed by atoms with Gasteiger partial charge in [-0.3, -0.25) is 14.6 Å². The highest BCUT2D eigenvalue weighted by Crippen LogP contribution is 2.39. The van der Waals surface area contributed by atoms with Crippen molar-refractivity contribution in [3.8, 4) is 0 Å². The summed E-state index contributed by atoms with van der Waals surface area (Å²) in [7, 11) is 0.